The second-order valence-corrected chi connectivity index (χ2v) is 6.74. The molecule has 0 saturated carbocycles. The van der Waals surface area contributed by atoms with E-state index in [0.29, 0.717) is 23.1 Å². The molecular formula is C22H17F2N3O3. The van der Waals surface area contributed by atoms with E-state index in [0.717, 1.165) is 17.2 Å². The Morgan fingerprint density at radius 2 is 1.63 bits per heavy atom. The quantitative estimate of drug-likeness (QED) is 0.496. The van der Waals surface area contributed by atoms with Crippen LogP contribution in [0.5, 0.6) is 5.75 Å². The van der Waals surface area contributed by atoms with E-state index in [1.165, 1.54) is 18.2 Å². The summed E-state index contributed by atoms with van der Waals surface area (Å²) in [5.41, 5.74) is 6.85. The molecule has 0 unspecified atom stereocenters. The van der Waals surface area contributed by atoms with E-state index in [1.54, 1.807) is 24.3 Å². The monoisotopic (exact) mass is 409 g/mol. The molecule has 0 atom stereocenters. The smallest absolute Gasteiger partial charge is 0.261 e. The Morgan fingerprint density at radius 3 is 2.33 bits per heavy atom. The number of nitrogen functional groups attached to an aromatic ring is 1. The summed E-state index contributed by atoms with van der Waals surface area (Å²) >= 11 is 0. The molecule has 2 N–H and O–H groups in total. The van der Waals surface area contributed by atoms with Crippen LogP contribution in [0.4, 0.5) is 14.6 Å². The molecule has 6 nitrogen and oxygen atoms in total. The molecule has 3 aromatic rings. The zero-order chi connectivity index (χ0) is 21.3. The van der Waals surface area contributed by atoms with Gasteiger partial charge in [-0.1, -0.05) is 12.1 Å². The number of fused-ring (bicyclic) bond motifs is 1. The van der Waals surface area contributed by atoms with Crippen LogP contribution in [0.3, 0.4) is 0 Å². The number of pyridine rings is 1. The zero-order valence-corrected chi connectivity index (χ0v) is 15.8. The lowest BCUT2D eigenvalue weighted by Gasteiger charge is -2.16. The van der Waals surface area contributed by atoms with Crippen molar-refractivity contribution in [3.05, 3.63) is 77.5 Å². The standard InChI is InChI=1S/C22H17F2N3O3/c23-13-6-7-14(17-11-20(25)26-12-18(17)24)19(10-13)30-9-3-8-27-21(28)15-4-1-2-5-16(15)22(27)29/h1-2,4-7,10-12H,3,8-9H2,(H2,25,26). The molecule has 1 aliphatic rings. The summed E-state index contributed by atoms with van der Waals surface area (Å²) in [7, 11) is 0. The molecule has 0 saturated heterocycles. The van der Waals surface area contributed by atoms with Crippen molar-refractivity contribution in [1.82, 2.24) is 9.88 Å². The summed E-state index contributed by atoms with van der Waals surface area (Å²) in [6.07, 6.45) is 1.31. The molecule has 0 spiro atoms. The maximum atomic E-state index is 14.2. The van der Waals surface area contributed by atoms with Gasteiger partial charge in [0.25, 0.3) is 11.8 Å². The summed E-state index contributed by atoms with van der Waals surface area (Å²) in [6, 6.07) is 11.7. The Labute approximate surface area is 170 Å². The normalized spacial score (nSPS) is 12.9. The van der Waals surface area contributed by atoms with Crippen LogP contribution in [0.25, 0.3) is 11.1 Å². The van der Waals surface area contributed by atoms with Crippen LogP contribution in [0.1, 0.15) is 27.1 Å². The molecule has 2 amide bonds. The first kappa shape index (κ1) is 19.5. The fourth-order valence-corrected chi connectivity index (χ4v) is 3.35. The van der Waals surface area contributed by atoms with E-state index in [1.807, 2.05) is 0 Å². The first-order chi connectivity index (χ1) is 14.5. The van der Waals surface area contributed by atoms with Crippen LogP contribution in [0.2, 0.25) is 0 Å². The minimum absolute atomic E-state index is 0.0893. The summed E-state index contributed by atoms with van der Waals surface area (Å²) in [5.74, 6) is -1.62. The van der Waals surface area contributed by atoms with E-state index >= 15 is 0 Å². The van der Waals surface area contributed by atoms with Gasteiger partial charge in [-0.2, -0.15) is 0 Å². The Bertz CT molecular complexity index is 1120. The second kappa shape index (κ2) is 7.90. The van der Waals surface area contributed by atoms with Crippen molar-refractivity contribution in [2.45, 2.75) is 6.42 Å². The van der Waals surface area contributed by atoms with Crippen molar-refractivity contribution in [3.8, 4) is 16.9 Å². The molecule has 30 heavy (non-hydrogen) atoms. The highest BCUT2D eigenvalue weighted by Gasteiger charge is 2.34. The van der Waals surface area contributed by atoms with Gasteiger partial charge in [0.15, 0.2) is 0 Å². The lowest BCUT2D eigenvalue weighted by Crippen LogP contribution is -2.31. The van der Waals surface area contributed by atoms with Crippen LogP contribution in [0, 0.1) is 11.6 Å². The maximum Gasteiger partial charge on any atom is 0.261 e. The Morgan fingerprint density at radius 1 is 0.933 bits per heavy atom. The number of ether oxygens (including phenoxy) is 1. The average Bonchev–Trinajstić information content (AvgIpc) is 2.98. The predicted octanol–water partition coefficient (Wildman–Crippen LogP) is 3.67. The molecule has 1 aromatic heterocycles. The number of rotatable bonds is 6. The SMILES string of the molecule is Nc1cc(-c2ccc(F)cc2OCCCN2C(=O)c3ccccc3C2=O)c(F)cn1. The average molecular weight is 409 g/mol. The van der Waals surface area contributed by atoms with E-state index in [9.17, 15) is 18.4 Å². The van der Waals surface area contributed by atoms with Crippen molar-refractivity contribution in [2.24, 2.45) is 0 Å². The maximum absolute atomic E-state index is 14.2. The third-order valence-corrected chi connectivity index (χ3v) is 4.77. The minimum atomic E-state index is -0.619. The molecule has 0 aliphatic carbocycles. The summed E-state index contributed by atoms with van der Waals surface area (Å²) in [4.78, 5) is 29.6. The van der Waals surface area contributed by atoms with E-state index < -0.39 is 11.6 Å². The zero-order valence-electron chi connectivity index (χ0n) is 15.8. The molecule has 1 aliphatic heterocycles. The number of benzene rings is 2. The first-order valence-corrected chi connectivity index (χ1v) is 9.24. The Balaban J connectivity index is 1.45. The van der Waals surface area contributed by atoms with Gasteiger partial charge in [-0.25, -0.2) is 13.8 Å². The molecule has 0 bridgehead atoms. The number of carbonyl (C=O) groups is 2. The number of nitrogens with two attached hydrogens (primary N) is 1. The molecule has 0 radical (unpaired) electrons. The van der Waals surface area contributed by atoms with Gasteiger partial charge in [-0.05, 0) is 36.8 Å². The number of hydrogen-bond donors (Lipinski definition) is 1. The molecule has 2 heterocycles. The number of amides is 2. The minimum Gasteiger partial charge on any atom is -0.493 e. The lowest BCUT2D eigenvalue weighted by molar-refractivity contribution is 0.0647. The number of aromatic nitrogens is 1. The molecule has 152 valence electrons. The van der Waals surface area contributed by atoms with Crippen LogP contribution in [0.15, 0.2) is 54.7 Å². The van der Waals surface area contributed by atoms with Crippen LogP contribution >= 0.6 is 0 Å². The molecule has 8 heteroatoms. The van der Waals surface area contributed by atoms with Gasteiger partial charge in [0, 0.05) is 23.7 Å². The van der Waals surface area contributed by atoms with Gasteiger partial charge in [0.2, 0.25) is 0 Å². The number of halogens is 2. The van der Waals surface area contributed by atoms with Gasteiger partial charge in [-0.15, -0.1) is 0 Å². The number of anilines is 1. The summed E-state index contributed by atoms with van der Waals surface area (Å²) in [5, 5.41) is 0. The van der Waals surface area contributed by atoms with Gasteiger partial charge in [0.1, 0.15) is 23.2 Å². The number of hydrogen-bond acceptors (Lipinski definition) is 5. The van der Waals surface area contributed by atoms with Gasteiger partial charge >= 0.3 is 0 Å². The van der Waals surface area contributed by atoms with E-state index in [-0.39, 0.29) is 42.1 Å². The number of nitrogens with zero attached hydrogens (tertiary/aromatic N) is 2. The highest BCUT2D eigenvalue weighted by Crippen LogP contribution is 2.33. The van der Waals surface area contributed by atoms with Crippen molar-refractivity contribution in [1.29, 1.82) is 0 Å². The van der Waals surface area contributed by atoms with Crippen LogP contribution in [-0.2, 0) is 0 Å². The Hall–Kier alpha value is -3.81. The van der Waals surface area contributed by atoms with Crippen LogP contribution in [-0.4, -0.2) is 34.8 Å². The molecule has 0 fully saturated rings. The Kier molecular flexibility index (Phi) is 5.14. The molecule has 4 rings (SSSR count). The van der Waals surface area contributed by atoms with Crippen LogP contribution < -0.4 is 10.5 Å². The van der Waals surface area contributed by atoms with Gasteiger partial charge in [-0.3, -0.25) is 14.5 Å². The van der Waals surface area contributed by atoms with Gasteiger partial charge in [0.05, 0.1) is 23.9 Å². The van der Waals surface area contributed by atoms with E-state index in [2.05, 4.69) is 4.98 Å². The van der Waals surface area contributed by atoms with Crippen molar-refractivity contribution in [3.63, 3.8) is 0 Å². The van der Waals surface area contributed by atoms with Crippen molar-refractivity contribution < 1.29 is 23.1 Å². The summed E-state index contributed by atoms with van der Waals surface area (Å²) < 4.78 is 33.6. The highest BCUT2D eigenvalue weighted by molar-refractivity contribution is 6.21. The third-order valence-electron chi connectivity index (χ3n) is 4.77. The lowest BCUT2D eigenvalue weighted by atomic mass is 10.0. The highest BCUT2D eigenvalue weighted by atomic mass is 19.1. The predicted molar refractivity (Wildman–Crippen MR) is 106 cm³/mol. The number of imide groups is 1. The number of carbonyl (C=O) groups excluding carboxylic acids is 2. The van der Waals surface area contributed by atoms with Crippen molar-refractivity contribution in [2.75, 3.05) is 18.9 Å². The van der Waals surface area contributed by atoms with E-state index in [4.69, 9.17) is 10.5 Å². The second-order valence-electron chi connectivity index (χ2n) is 6.74. The fourth-order valence-electron chi connectivity index (χ4n) is 3.35. The third kappa shape index (κ3) is 3.59. The van der Waals surface area contributed by atoms with Crippen molar-refractivity contribution >= 4 is 17.6 Å². The topological polar surface area (TPSA) is 85.5 Å². The molecule has 2 aromatic carbocycles. The first-order valence-electron chi connectivity index (χ1n) is 9.24. The fraction of sp³-hybridized carbons (Fsp3) is 0.136. The van der Waals surface area contributed by atoms with Gasteiger partial charge < -0.3 is 10.5 Å². The summed E-state index contributed by atoms with van der Waals surface area (Å²) in [6.45, 7) is 0.236. The largest absolute Gasteiger partial charge is 0.493 e. The molecular weight excluding hydrogens is 392 g/mol.